The van der Waals surface area contributed by atoms with E-state index in [0.29, 0.717) is 5.56 Å². The molecule has 2 heterocycles. The molecule has 0 saturated carbocycles. The molecule has 0 radical (unpaired) electrons. The predicted molar refractivity (Wildman–Crippen MR) is 95.5 cm³/mol. The van der Waals surface area contributed by atoms with Crippen molar-refractivity contribution in [1.82, 2.24) is 19.5 Å². The number of imidazole rings is 1. The largest absolute Gasteiger partial charge is 0.451 e. The Labute approximate surface area is 160 Å². The average Bonchev–Trinajstić information content (AvgIpc) is 3.06. The van der Waals surface area contributed by atoms with Crippen molar-refractivity contribution in [1.29, 1.82) is 0 Å². The van der Waals surface area contributed by atoms with E-state index >= 15 is 0 Å². The van der Waals surface area contributed by atoms with Gasteiger partial charge in [-0.05, 0) is 35.9 Å². The summed E-state index contributed by atoms with van der Waals surface area (Å²) in [6.45, 7) is 0.129. The molecule has 0 saturated heterocycles. The van der Waals surface area contributed by atoms with Gasteiger partial charge in [0.1, 0.15) is 11.6 Å². The SMILES string of the molecule is Fc1ccc(Cn2cnc3c(Nc4cccc(F)c4)nc(C(F)(F)F)nc32)cc1. The smallest absolute Gasteiger partial charge is 0.338 e. The number of nitrogens with one attached hydrogen (secondary N) is 1. The van der Waals surface area contributed by atoms with E-state index in [2.05, 4.69) is 20.3 Å². The van der Waals surface area contributed by atoms with Gasteiger partial charge in [-0.3, -0.25) is 0 Å². The van der Waals surface area contributed by atoms with Crippen LogP contribution in [0.25, 0.3) is 11.2 Å². The Bertz CT molecular complexity index is 1170. The maximum atomic E-state index is 13.4. The maximum absolute atomic E-state index is 13.4. The van der Waals surface area contributed by atoms with E-state index in [-0.39, 0.29) is 29.2 Å². The summed E-state index contributed by atoms with van der Waals surface area (Å²) in [6.07, 6.45) is -3.48. The number of nitrogens with zero attached hydrogens (tertiary/aromatic N) is 4. The van der Waals surface area contributed by atoms with Crippen LogP contribution in [-0.4, -0.2) is 19.5 Å². The second-order valence-corrected chi connectivity index (χ2v) is 6.20. The third-order valence-electron chi connectivity index (χ3n) is 4.07. The van der Waals surface area contributed by atoms with E-state index in [1.807, 2.05) is 0 Å². The Morgan fingerprint density at radius 1 is 0.931 bits per heavy atom. The molecular formula is C19H12F5N5. The Morgan fingerprint density at radius 2 is 1.69 bits per heavy atom. The summed E-state index contributed by atoms with van der Waals surface area (Å²) < 4.78 is 67.9. The number of hydrogen-bond donors (Lipinski definition) is 1. The molecule has 0 aliphatic heterocycles. The standard InChI is InChI=1S/C19H12F5N5/c20-12-6-4-11(5-7-12)9-29-10-25-15-16(26-14-3-1-2-13(21)8-14)27-18(19(22,23)24)28-17(15)29/h1-8,10H,9H2,(H,26,27,28). The highest BCUT2D eigenvalue weighted by atomic mass is 19.4. The summed E-state index contributed by atoms with van der Waals surface area (Å²) in [7, 11) is 0. The third-order valence-corrected chi connectivity index (χ3v) is 4.07. The summed E-state index contributed by atoms with van der Waals surface area (Å²) in [4.78, 5) is 11.3. The molecule has 0 aliphatic rings. The van der Waals surface area contributed by atoms with Gasteiger partial charge in [0.05, 0.1) is 12.9 Å². The zero-order valence-electron chi connectivity index (χ0n) is 14.6. The Hall–Kier alpha value is -3.56. The second-order valence-electron chi connectivity index (χ2n) is 6.20. The molecule has 29 heavy (non-hydrogen) atoms. The monoisotopic (exact) mass is 405 g/mol. The fraction of sp³-hybridized carbons (Fsp3) is 0.105. The summed E-state index contributed by atoms with van der Waals surface area (Å²) in [5.74, 6) is -2.54. The Morgan fingerprint density at radius 3 is 2.38 bits per heavy atom. The third kappa shape index (κ3) is 4.00. The van der Waals surface area contributed by atoms with Crippen molar-refractivity contribution >= 4 is 22.7 Å². The van der Waals surface area contributed by atoms with Gasteiger partial charge in [0.15, 0.2) is 17.0 Å². The van der Waals surface area contributed by atoms with Crippen LogP contribution in [-0.2, 0) is 12.7 Å². The summed E-state index contributed by atoms with van der Waals surface area (Å²) in [5.41, 5.74) is 0.892. The molecule has 0 aliphatic carbocycles. The first-order valence-electron chi connectivity index (χ1n) is 8.37. The van der Waals surface area contributed by atoms with Crippen LogP contribution in [0.1, 0.15) is 11.4 Å². The molecule has 1 N–H and O–H groups in total. The lowest BCUT2D eigenvalue weighted by Gasteiger charge is -2.11. The van der Waals surface area contributed by atoms with Crippen molar-refractivity contribution in [2.45, 2.75) is 12.7 Å². The van der Waals surface area contributed by atoms with Crippen LogP contribution in [0.3, 0.4) is 0 Å². The van der Waals surface area contributed by atoms with Crippen molar-refractivity contribution in [3.63, 3.8) is 0 Å². The van der Waals surface area contributed by atoms with Crippen molar-refractivity contribution in [3.8, 4) is 0 Å². The van der Waals surface area contributed by atoms with Crippen LogP contribution < -0.4 is 5.32 Å². The molecule has 4 aromatic rings. The van der Waals surface area contributed by atoms with Gasteiger partial charge in [-0.1, -0.05) is 18.2 Å². The van der Waals surface area contributed by atoms with Crippen LogP contribution in [0.4, 0.5) is 33.5 Å². The molecule has 0 unspecified atom stereocenters. The zero-order chi connectivity index (χ0) is 20.6. The molecule has 148 valence electrons. The number of aromatic nitrogens is 4. The highest BCUT2D eigenvalue weighted by Crippen LogP contribution is 2.31. The van der Waals surface area contributed by atoms with Gasteiger partial charge in [-0.2, -0.15) is 13.2 Å². The van der Waals surface area contributed by atoms with Gasteiger partial charge in [-0.15, -0.1) is 0 Å². The van der Waals surface area contributed by atoms with Gasteiger partial charge in [0, 0.05) is 5.69 Å². The van der Waals surface area contributed by atoms with E-state index in [9.17, 15) is 22.0 Å². The number of alkyl halides is 3. The first-order valence-corrected chi connectivity index (χ1v) is 8.37. The lowest BCUT2D eigenvalue weighted by Crippen LogP contribution is -2.14. The summed E-state index contributed by atoms with van der Waals surface area (Å²) in [6, 6.07) is 10.8. The molecule has 0 fully saturated rings. The van der Waals surface area contributed by atoms with Gasteiger partial charge in [0.25, 0.3) is 0 Å². The first-order chi connectivity index (χ1) is 13.8. The molecule has 0 spiro atoms. The van der Waals surface area contributed by atoms with Crippen LogP contribution in [0.15, 0.2) is 54.9 Å². The normalized spacial score (nSPS) is 11.8. The number of hydrogen-bond acceptors (Lipinski definition) is 4. The van der Waals surface area contributed by atoms with Gasteiger partial charge in [0.2, 0.25) is 5.82 Å². The molecule has 0 bridgehead atoms. The molecule has 2 aromatic carbocycles. The lowest BCUT2D eigenvalue weighted by atomic mass is 10.2. The summed E-state index contributed by atoms with van der Waals surface area (Å²) in [5, 5.41) is 2.67. The molecule has 5 nitrogen and oxygen atoms in total. The molecule has 0 atom stereocenters. The average molecular weight is 405 g/mol. The molecule has 2 aromatic heterocycles. The highest BCUT2D eigenvalue weighted by Gasteiger charge is 2.36. The Kier molecular flexibility index (Phi) is 4.61. The first kappa shape index (κ1) is 18.8. The molecule has 4 rings (SSSR count). The van der Waals surface area contributed by atoms with E-state index in [1.165, 1.54) is 53.4 Å². The number of halogens is 5. The lowest BCUT2D eigenvalue weighted by molar-refractivity contribution is -0.144. The van der Waals surface area contributed by atoms with Crippen LogP contribution in [0.5, 0.6) is 0 Å². The number of rotatable bonds is 4. The highest BCUT2D eigenvalue weighted by molar-refractivity contribution is 5.85. The maximum Gasteiger partial charge on any atom is 0.451 e. The van der Waals surface area contributed by atoms with Gasteiger partial charge < -0.3 is 9.88 Å². The van der Waals surface area contributed by atoms with E-state index in [0.717, 1.165) is 6.07 Å². The number of anilines is 2. The topological polar surface area (TPSA) is 55.6 Å². The summed E-state index contributed by atoms with van der Waals surface area (Å²) >= 11 is 0. The van der Waals surface area contributed by atoms with Crippen LogP contribution in [0.2, 0.25) is 0 Å². The fourth-order valence-electron chi connectivity index (χ4n) is 2.76. The van der Waals surface area contributed by atoms with E-state index in [4.69, 9.17) is 0 Å². The second kappa shape index (κ2) is 7.12. The number of benzene rings is 2. The van der Waals surface area contributed by atoms with Crippen molar-refractivity contribution in [2.75, 3.05) is 5.32 Å². The fourth-order valence-corrected chi connectivity index (χ4v) is 2.76. The predicted octanol–water partition coefficient (Wildman–Crippen LogP) is 4.92. The molecule has 10 heteroatoms. The minimum Gasteiger partial charge on any atom is -0.338 e. The Balaban J connectivity index is 1.80. The number of fused-ring (bicyclic) bond motifs is 1. The molecule has 0 amide bonds. The van der Waals surface area contributed by atoms with Gasteiger partial charge >= 0.3 is 6.18 Å². The molecular weight excluding hydrogens is 393 g/mol. The minimum absolute atomic E-state index is 0.0597. The van der Waals surface area contributed by atoms with Crippen LogP contribution >= 0.6 is 0 Å². The van der Waals surface area contributed by atoms with Crippen molar-refractivity contribution in [3.05, 3.63) is 77.9 Å². The van der Waals surface area contributed by atoms with Gasteiger partial charge in [-0.25, -0.2) is 23.7 Å². The zero-order valence-corrected chi connectivity index (χ0v) is 14.6. The van der Waals surface area contributed by atoms with E-state index < -0.39 is 23.6 Å². The quantitative estimate of drug-likeness (QED) is 0.490. The van der Waals surface area contributed by atoms with Crippen LogP contribution in [0, 0.1) is 11.6 Å². The minimum atomic E-state index is -4.79. The van der Waals surface area contributed by atoms with Crippen molar-refractivity contribution < 1.29 is 22.0 Å². The van der Waals surface area contributed by atoms with E-state index in [1.54, 1.807) is 0 Å². The van der Waals surface area contributed by atoms with Crippen molar-refractivity contribution in [2.24, 2.45) is 0 Å².